The molecule has 0 spiro atoms. The molecule has 3 aromatic rings. The van der Waals surface area contributed by atoms with E-state index in [2.05, 4.69) is 11.9 Å². The predicted octanol–water partition coefficient (Wildman–Crippen LogP) is 4.32. The molecular formula is C22H22N2O5S. The van der Waals surface area contributed by atoms with Gasteiger partial charge in [0.05, 0.1) is 11.4 Å². The molecule has 0 saturated heterocycles. The molecule has 0 aliphatic carbocycles. The second kappa shape index (κ2) is 9.04. The smallest absolute Gasteiger partial charge is 0.342 e. The van der Waals surface area contributed by atoms with E-state index in [0.717, 1.165) is 12.1 Å². The van der Waals surface area contributed by atoms with Gasteiger partial charge in [-0.1, -0.05) is 19.1 Å². The number of aromatic nitrogens is 1. The molecule has 0 fully saturated rings. The van der Waals surface area contributed by atoms with Gasteiger partial charge in [-0.2, -0.15) is 0 Å². The number of thiazole rings is 1. The summed E-state index contributed by atoms with van der Waals surface area (Å²) in [5.41, 5.74) is 2.63. The molecule has 30 heavy (non-hydrogen) atoms. The Morgan fingerprint density at radius 3 is 2.50 bits per heavy atom. The monoisotopic (exact) mass is 426 g/mol. The van der Waals surface area contributed by atoms with Crippen LogP contribution in [0.1, 0.15) is 46.8 Å². The highest BCUT2D eigenvalue weighted by Gasteiger charge is 2.20. The first-order chi connectivity index (χ1) is 14.3. The quantitative estimate of drug-likeness (QED) is 0.546. The zero-order chi connectivity index (χ0) is 21.8. The van der Waals surface area contributed by atoms with Crippen molar-refractivity contribution in [2.75, 3.05) is 4.90 Å². The molecule has 1 aromatic carbocycles. The summed E-state index contributed by atoms with van der Waals surface area (Å²) in [5.74, 6) is -0.549. The van der Waals surface area contributed by atoms with Crippen LogP contribution in [0.2, 0.25) is 0 Å². The molecule has 0 radical (unpaired) electrons. The SMILES string of the molecule is CCc1ccc(N(C(C)=O)c2nc(COC(=O)c3c(C)cc(=O)oc3C)cs2)cc1. The largest absolute Gasteiger partial charge is 0.455 e. The third-order valence-electron chi connectivity index (χ3n) is 4.54. The highest BCUT2D eigenvalue weighted by molar-refractivity contribution is 7.14. The van der Waals surface area contributed by atoms with Crippen molar-refractivity contribution in [1.82, 2.24) is 4.98 Å². The van der Waals surface area contributed by atoms with Gasteiger partial charge < -0.3 is 9.15 Å². The lowest BCUT2D eigenvalue weighted by molar-refractivity contribution is -0.115. The van der Waals surface area contributed by atoms with Crippen molar-refractivity contribution in [2.45, 2.75) is 40.7 Å². The number of aryl methyl sites for hydroxylation is 3. The average molecular weight is 426 g/mol. The molecule has 1 amide bonds. The van der Waals surface area contributed by atoms with Crippen LogP contribution in [-0.2, 0) is 22.6 Å². The minimum atomic E-state index is -0.595. The van der Waals surface area contributed by atoms with Gasteiger partial charge >= 0.3 is 11.6 Å². The Bertz CT molecular complexity index is 1100. The Morgan fingerprint density at radius 1 is 1.20 bits per heavy atom. The van der Waals surface area contributed by atoms with E-state index in [1.165, 1.54) is 34.8 Å². The van der Waals surface area contributed by atoms with Crippen molar-refractivity contribution < 1.29 is 18.7 Å². The first-order valence-electron chi connectivity index (χ1n) is 9.42. The molecule has 0 unspecified atom stereocenters. The fourth-order valence-corrected chi connectivity index (χ4v) is 3.92. The number of hydrogen-bond donors (Lipinski definition) is 0. The molecule has 0 bridgehead atoms. The van der Waals surface area contributed by atoms with E-state index in [1.807, 2.05) is 24.3 Å². The van der Waals surface area contributed by atoms with Crippen molar-refractivity contribution in [3.05, 3.63) is 74.3 Å². The van der Waals surface area contributed by atoms with E-state index < -0.39 is 11.6 Å². The number of ether oxygens (including phenoxy) is 1. The first kappa shape index (κ1) is 21.4. The van der Waals surface area contributed by atoms with Crippen molar-refractivity contribution >= 4 is 34.0 Å². The van der Waals surface area contributed by atoms with Crippen LogP contribution in [0, 0.1) is 13.8 Å². The number of carbonyl (C=O) groups is 2. The van der Waals surface area contributed by atoms with E-state index in [4.69, 9.17) is 9.15 Å². The van der Waals surface area contributed by atoms with Gasteiger partial charge in [-0.3, -0.25) is 9.69 Å². The zero-order valence-corrected chi connectivity index (χ0v) is 18.0. The summed E-state index contributed by atoms with van der Waals surface area (Å²) in [4.78, 5) is 42.0. The summed E-state index contributed by atoms with van der Waals surface area (Å²) in [6.07, 6.45) is 0.914. The molecule has 156 valence electrons. The molecule has 8 heteroatoms. The van der Waals surface area contributed by atoms with E-state index >= 15 is 0 Å². The average Bonchev–Trinajstić information content (AvgIpc) is 3.14. The number of amides is 1. The fourth-order valence-electron chi connectivity index (χ4n) is 3.05. The number of carbonyl (C=O) groups excluding carboxylic acids is 2. The number of esters is 1. The van der Waals surface area contributed by atoms with Gasteiger partial charge in [0.25, 0.3) is 0 Å². The van der Waals surface area contributed by atoms with E-state index in [1.54, 1.807) is 19.2 Å². The Morgan fingerprint density at radius 2 is 1.90 bits per heavy atom. The number of nitrogens with zero attached hydrogens (tertiary/aromatic N) is 2. The molecule has 0 N–H and O–H groups in total. The van der Waals surface area contributed by atoms with Crippen LogP contribution in [0.15, 0.2) is 44.9 Å². The van der Waals surface area contributed by atoms with E-state index in [9.17, 15) is 14.4 Å². The molecule has 0 saturated carbocycles. The van der Waals surface area contributed by atoms with Crippen LogP contribution in [0.25, 0.3) is 0 Å². The lowest BCUT2D eigenvalue weighted by Gasteiger charge is -2.18. The Hall–Kier alpha value is -3.26. The third-order valence-corrected chi connectivity index (χ3v) is 5.41. The normalized spacial score (nSPS) is 10.7. The molecule has 2 aromatic heterocycles. The molecular weight excluding hydrogens is 404 g/mol. The molecule has 7 nitrogen and oxygen atoms in total. The third kappa shape index (κ3) is 4.65. The maximum atomic E-state index is 12.4. The van der Waals surface area contributed by atoms with Gasteiger partial charge in [0.1, 0.15) is 17.9 Å². The van der Waals surface area contributed by atoms with Gasteiger partial charge in [-0.15, -0.1) is 11.3 Å². The topological polar surface area (TPSA) is 89.7 Å². The molecule has 0 aliphatic rings. The molecule has 3 rings (SSSR count). The summed E-state index contributed by atoms with van der Waals surface area (Å²) in [7, 11) is 0. The standard InChI is InChI=1S/C22H22N2O5S/c1-5-16-6-8-18(9-7-16)24(15(4)25)22-23-17(12-30-22)11-28-21(27)20-13(2)10-19(26)29-14(20)3/h6-10,12H,5,11H2,1-4H3. The lowest BCUT2D eigenvalue weighted by Crippen LogP contribution is -2.22. The highest BCUT2D eigenvalue weighted by atomic mass is 32.1. The fraction of sp³-hybridized carbons (Fsp3) is 0.273. The second-order valence-electron chi connectivity index (χ2n) is 6.75. The summed E-state index contributed by atoms with van der Waals surface area (Å²) in [6.45, 7) is 6.67. The van der Waals surface area contributed by atoms with Crippen LogP contribution in [0.5, 0.6) is 0 Å². The summed E-state index contributed by atoms with van der Waals surface area (Å²) < 4.78 is 10.3. The van der Waals surface area contributed by atoms with E-state index in [0.29, 0.717) is 16.4 Å². The van der Waals surface area contributed by atoms with Crippen LogP contribution in [-0.4, -0.2) is 16.9 Å². The molecule has 0 aliphatic heterocycles. The van der Waals surface area contributed by atoms with Crippen LogP contribution >= 0.6 is 11.3 Å². The Kier molecular flexibility index (Phi) is 6.47. The first-order valence-corrected chi connectivity index (χ1v) is 10.3. The minimum absolute atomic E-state index is 0.0616. The summed E-state index contributed by atoms with van der Waals surface area (Å²) in [5, 5.41) is 2.24. The van der Waals surface area contributed by atoms with Crippen molar-refractivity contribution in [1.29, 1.82) is 0 Å². The van der Waals surface area contributed by atoms with Gasteiger partial charge in [-0.25, -0.2) is 14.6 Å². The second-order valence-corrected chi connectivity index (χ2v) is 7.59. The predicted molar refractivity (Wildman–Crippen MR) is 114 cm³/mol. The highest BCUT2D eigenvalue weighted by Crippen LogP contribution is 2.29. The number of anilines is 2. The number of rotatable bonds is 6. The van der Waals surface area contributed by atoms with Gasteiger partial charge in [0.15, 0.2) is 5.13 Å². The van der Waals surface area contributed by atoms with Crippen LogP contribution < -0.4 is 10.5 Å². The van der Waals surface area contributed by atoms with E-state index in [-0.39, 0.29) is 23.8 Å². The van der Waals surface area contributed by atoms with Crippen LogP contribution in [0.3, 0.4) is 0 Å². The minimum Gasteiger partial charge on any atom is -0.455 e. The van der Waals surface area contributed by atoms with Gasteiger partial charge in [0, 0.05) is 18.4 Å². The summed E-state index contributed by atoms with van der Waals surface area (Å²) in [6, 6.07) is 8.97. The maximum absolute atomic E-state index is 12.4. The van der Waals surface area contributed by atoms with Gasteiger partial charge in [-0.05, 0) is 43.5 Å². The Labute approximate surface area is 177 Å². The molecule has 2 heterocycles. The number of hydrogen-bond acceptors (Lipinski definition) is 7. The zero-order valence-electron chi connectivity index (χ0n) is 17.2. The number of benzene rings is 1. The van der Waals surface area contributed by atoms with Crippen LogP contribution in [0.4, 0.5) is 10.8 Å². The molecule has 0 atom stereocenters. The van der Waals surface area contributed by atoms with Crippen molar-refractivity contribution in [3.63, 3.8) is 0 Å². The van der Waals surface area contributed by atoms with Crippen molar-refractivity contribution in [2.24, 2.45) is 0 Å². The Balaban J connectivity index is 1.75. The lowest BCUT2D eigenvalue weighted by atomic mass is 10.1. The van der Waals surface area contributed by atoms with Crippen molar-refractivity contribution in [3.8, 4) is 0 Å². The summed E-state index contributed by atoms with van der Waals surface area (Å²) >= 11 is 1.29. The maximum Gasteiger partial charge on any atom is 0.342 e. The van der Waals surface area contributed by atoms with Gasteiger partial charge in [0.2, 0.25) is 5.91 Å².